The predicted molar refractivity (Wildman–Crippen MR) is 89.7 cm³/mol. The number of hydrogen-bond donors (Lipinski definition) is 0. The van der Waals surface area contributed by atoms with Crippen LogP contribution in [-0.4, -0.2) is 32.5 Å². The fourth-order valence-electron chi connectivity index (χ4n) is 3.47. The van der Waals surface area contributed by atoms with Gasteiger partial charge in [-0.25, -0.2) is 17.2 Å². The molecule has 0 unspecified atom stereocenters. The summed E-state index contributed by atoms with van der Waals surface area (Å²) >= 11 is 0. The number of fused-ring (bicyclic) bond motifs is 1. The molecule has 1 atom stereocenters. The van der Waals surface area contributed by atoms with Gasteiger partial charge in [0.25, 0.3) is 0 Å². The highest BCUT2D eigenvalue weighted by Gasteiger charge is 2.39. The molecule has 0 saturated carbocycles. The Labute approximate surface area is 150 Å². The van der Waals surface area contributed by atoms with Crippen LogP contribution >= 0.6 is 0 Å². The summed E-state index contributed by atoms with van der Waals surface area (Å²) in [6.45, 7) is 1.08. The van der Waals surface area contributed by atoms with Gasteiger partial charge in [-0.2, -0.15) is 4.31 Å². The van der Waals surface area contributed by atoms with E-state index in [2.05, 4.69) is 0 Å². The molecule has 2 aliphatic heterocycles. The highest BCUT2D eigenvalue weighted by molar-refractivity contribution is 7.89. The number of benzene rings is 2. The van der Waals surface area contributed by atoms with E-state index in [1.165, 1.54) is 4.31 Å². The van der Waals surface area contributed by atoms with Crippen LogP contribution < -0.4 is 9.47 Å². The van der Waals surface area contributed by atoms with E-state index in [1.54, 1.807) is 18.2 Å². The molecule has 1 fully saturated rings. The lowest BCUT2D eigenvalue weighted by molar-refractivity contribution is 0.171. The first-order valence-corrected chi connectivity index (χ1v) is 9.78. The molecule has 2 heterocycles. The molecular weight excluding hydrogens is 364 g/mol. The van der Waals surface area contributed by atoms with Crippen molar-refractivity contribution in [2.24, 2.45) is 0 Å². The molecule has 8 heteroatoms. The topological polar surface area (TPSA) is 55.8 Å². The molecule has 5 nitrogen and oxygen atoms in total. The van der Waals surface area contributed by atoms with Gasteiger partial charge in [-0.15, -0.1) is 0 Å². The molecule has 26 heavy (non-hydrogen) atoms. The number of ether oxygens (including phenoxy) is 2. The second kappa shape index (κ2) is 6.51. The maximum Gasteiger partial charge on any atom is 0.249 e. The molecule has 2 aliphatic rings. The minimum Gasteiger partial charge on any atom is -0.486 e. The highest BCUT2D eigenvalue weighted by atomic mass is 32.2. The molecule has 1 saturated heterocycles. The van der Waals surface area contributed by atoms with Crippen LogP contribution in [0.2, 0.25) is 0 Å². The standard InChI is InChI=1S/C18H17F2NO4S/c19-13-3-1-4-14(20)18(13)26(22,23)21-8-2-5-15(21)12-6-7-16-17(11-12)25-10-9-24-16/h1,3-4,6-7,11,15H,2,5,8-10H2/t15-/m1/s1. The van der Waals surface area contributed by atoms with E-state index in [-0.39, 0.29) is 6.54 Å². The fraction of sp³-hybridized carbons (Fsp3) is 0.333. The Morgan fingerprint density at radius 2 is 1.69 bits per heavy atom. The minimum atomic E-state index is -4.31. The summed E-state index contributed by atoms with van der Waals surface area (Å²) in [7, 11) is -4.31. The van der Waals surface area contributed by atoms with Crippen molar-refractivity contribution in [1.29, 1.82) is 0 Å². The summed E-state index contributed by atoms with van der Waals surface area (Å²) in [4.78, 5) is -0.899. The monoisotopic (exact) mass is 381 g/mol. The van der Waals surface area contributed by atoms with Crippen LogP contribution in [0, 0.1) is 11.6 Å². The quantitative estimate of drug-likeness (QED) is 0.819. The van der Waals surface area contributed by atoms with Crippen molar-refractivity contribution in [2.75, 3.05) is 19.8 Å². The van der Waals surface area contributed by atoms with Gasteiger partial charge in [0.2, 0.25) is 10.0 Å². The third kappa shape index (κ3) is 2.83. The van der Waals surface area contributed by atoms with Gasteiger partial charge in [-0.1, -0.05) is 12.1 Å². The van der Waals surface area contributed by atoms with Crippen molar-refractivity contribution in [2.45, 2.75) is 23.8 Å². The van der Waals surface area contributed by atoms with E-state index in [0.717, 1.165) is 18.2 Å². The third-order valence-corrected chi connectivity index (χ3v) is 6.60. The van der Waals surface area contributed by atoms with Gasteiger partial charge in [0.1, 0.15) is 24.8 Å². The van der Waals surface area contributed by atoms with Crippen molar-refractivity contribution >= 4 is 10.0 Å². The Morgan fingerprint density at radius 1 is 1.00 bits per heavy atom. The van der Waals surface area contributed by atoms with Crippen molar-refractivity contribution in [3.8, 4) is 11.5 Å². The van der Waals surface area contributed by atoms with Gasteiger partial charge in [0.05, 0.1) is 6.04 Å². The normalized spacial score (nSPS) is 20.3. The van der Waals surface area contributed by atoms with Crippen LogP contribution in [0.1, 0.15) is 24.4 Å². The Bertz CT molecular complexity index is 928. The van der Waals surface area contributed by atoms with E-state index < -0.39 is 32.6 Å². The van der Waals surface area contributed by atoms with E-state index in [0.29, 0.717) is 43.1 Å². The molecule has 2 aromatic rings. The van der Waals surface area contributed by atoms with Gasteiger partial charge in [0, 0.05) is 6.54 Å². The summed E-state index contributed by atoms with van der Waals surface area (Å²) in [5, 5.41) is 0. The molecular formula is C18H17F2NO4S. The van der Waals surface area contributed by atoms with Crippen LogP contribution in [-0.2, 0) is 10.0 Å². The first kappa shape index (κ1) is 17.2. The lowest BCUT2D eigenvalue weighted by Crippen LogP contribution is -2.32. The third-order valence-electron chi connectivity index (χ3n) is 4.64. The predicted octanol–water partition coefficient (Wildman–Crippen LogP) is 3.26. The number of hydrogen-bond acceptors (Lipinski definition) is 4. The lowest BCUT2D eigenvalue weighted by atomic mass is 10.0. The van der Waals surface area contributed by atoms with Crippen molar-refractivity contribution in [3.05, 3.63) is 53.6 Å². The van der Waals surface area contributed by atoms with Gasteiger partial charge in [-0.05, 0) is 42.7 Å². The fourth-order valence-corrected chi connectivity index (χ4v) is 5.27. The molecule has 2 aromatic carbocycles. The SMILES string of the molecule is O=S(=O)(c1c(F)cccc1F)N1CCC[C@@H]1c1ccc2c(c1)OCCO2. The van der Waals surface area contributed by atoms with E-state index in [9.17, 15) is 17.2 Å². The van der Waals surface area contributed by atoms with Gasteiger partial charge in [0.15, 0.2) is 16.4 Å². The Hall–Kier alpha value is -2.19. The minimum absolute atomic E-state index is 0.204. The maximum atomic E-state index is 14.1. The smallest absolute Gasteiger partial charge is 0.249 e. The molecule has 0 aromatic heterocycles. The van der Waals surface area contributed by atoms with Gasteiger partial charge < -0.3 is 9.47 Å². The summed E-state index contributed by atoms with van der Waals surface area (Å²) in [5.41, 5.74) is 0.715. The van der Waals surface area contributed by atoms with Gasteiger partial charge >= 0.3 is 0 Å². The summed E-state index contributed by atoms with van der Waals surface area (Å²) in [5.74, 6) is -1.02. The first-order chi connectivity index (χ1) is 12.5. The molecule has 0 bridgehead atoms. The second-order valence-corrected chi connectivity index (χ2v) is 8.06. The summed E-state index contributed by atoms with van der Waals surface area (Å²) in [6.07, 6.45) is 1.17. The van der Waals surface area contributed by atoms with Gasteiger partial charge in [-0.3, -0.25) is 0 Å². The number of rotatable bonds is 3. The van der Waals surface area contributed by atoms with Crippen LogP contribution in [0.25, 0.3) is 0 Å². The summed E-state index contributed by atoms with van der Waals surface area (Å²) < 4.78 is 66.2. The number of nitrogens with zero attached hydrogens (tertiary/aromatic N) is 1. The zero-order valence-electron chi connectivity index (χ0n) is 13.8. The average Bonchev–Trinajstić information content (AvgIpc) is 3.11. The zero-order valence-corrected chi connectivity index (χ0v) is 14.6. The Kier molecular flexibility index (Phi) is 4.32. The van der Waals surface area contributed by atoms with Crippen LogP contribution in [0.4, 0.5) is 8.78 Å². The van der Waals surface area contributed by atoms with Crippen LogP contribution in [0.15, 0.2) is 41.3 Å². The number of sulfonamides is 1. The second-order valence-electron chi connectivity index (χ2n) is 6.23. The lowest BCUT2D eigenvalue weighted by Gasteiger charge is -2.26. The molecule has 4 rings (SSSR count). The van der Waals surface area contributed by atoms with Crippen molar-refractivity contribution in [1.82, 2.24) is 4.31 Å². The molecule has 0 radical (unpaired) electrons. The average molecular weight is 381 g/mol. The largest absolute Gasteiger partial charge is 0.486 e. The molecule has 0 amide bonds. The molecule has 0 N–H and O–H groups in total. The zero-order chi connectivity index (χ0) is 18.3. The van der Waals surface area contributed by atoms with E-state index in [1.807, 2.05) is 0 Å². The first-order valence-electron chi connectivity index (χ1n) is 8.34. The maximum absolute atomic E-state index is 14.1. The van der Waals surface area contributed by atoms with E-state index >= 15 is 0 Å². The Balaban J connectivity index is 1.73. The van der Waals surface area contributed by atoms with Crippen molar-refractivity contribution < 1.29 is 26.7 Å². The summed E-state index contributed by atoms with van der Waals surface area (Å²) in [6, 6.07) is 7.78. The van der Waals surface area contributed by atoms with Crippen LogP contribution in [0.3, 0.4) is 0 Å². The highest BCUT2D eigenvalue weighted by Crippen LogP contribution is 2.41. The number of halogens is 2. The van der Waals surface area contributed by atoms with Crippen LogP contribution in [0.5, 0.6) is 11.5 Å². The Morgan fingerprint density at radius 3 is 2.42 bits per heavy atom. The van der Waals surface area contributed by atoms with E-state index in [4.69, 9.17) is 9.47 Å². The molecule has 0 spiro atoms. The van der Waals surface area contributed by atoms with Crippen molar-refractivity contribution in [3.63, 3.8) is 0 Å². The molecule has 138 valence electrons. The molecule has 0 aliphatic carbocycles.